The van der Waals surface area contributed by atoms with E-state index in [9.17, 15) is 0 Å². The summed E-state index contributed by atoms with van der Waals surface area (Å²) in [5, 5.41) is 0.444. The Hall–Kier alpha value is -1.65. The lowest BCUT2D eigenvalue weighted by atomic mass is 10.1. The summed E-state index contributed by atoms with van der Waals surface area (Å²) in [4.78, 5) is 0. The quantitative estimate of drug-likeness (QED) is 0.724. The molecule has 0 saturated heterocycles. The molecule has 0 spiro atoms. The van der Waals surface area contributed by atoms with Crippen molar-refractivity contribution in [1.29, 1.82) is 0 Å². The second-order valence-electron chi connectivity index (χ2n) is 4.01. The summed E-state index contributed by atoms with van der Waals surface area (Å²) in [5.41, 5.74) is 0.850. The molecule has 1 aromatic heterocycles. The predicted octanol–water partition coefficient (Wildman–Crippen LogP) is 4.02. The molecule has 108 valence electrons. The summed E-state index contributed by atoms with van der Waals surface area (Å²) in [5.74, 6) is 1.83. The third kappa shape index (κ3) is 3.46. The molecule has 0 unspecified atom stereocenters. The fourth-order valence-electron chi connectivity index (χ4n) is 1.77. The summed E-state index contributed by atoms with van der Waals surface area (Å²) in [6.45, 7) is 3.54. The van der Waals surface area contributed by atoms with Gasteiger partial charge in [-0.15, -0.1) is 0 Å². The Balaban J connectivity index is 2.23. The fraction of sp³-hybridized carbons (Fsp3) is 0.333. The van der Waals surface area contributed by atoms with Gasteiger partial charge < -0.3 is 18.6 Å². The number of ether oxygens (including phenoxy) is 3. The molecule has 0 bridgehead atoms. The topological polar surface area (TPSA) is 40.8 Å². The smallest absolute Gasteiger partial charge is 0.142 e. The molecule has 20 heavy (non-hydrogen) atoms. The van der Waals surface area contributed by atoms with Crippen molar-refractivity contribution < 1.29 is 18.6 Å². The van der Waals surface area contributed by atoms with E-state index in [1.165, 1.54) is 0 Å². The van der Waals surface area contributed by atoms with Crippen LogP contribution in [0.15, 0.2) is 34.9 Å². The second-order valence-corrected chi connectivity index (χ2v) is 4.39. The van der Waals surface area contributed by atoms with Crippen LogP contribution in [0, 0.1) is 0 Å². The van der Waals surface area contributed by atoms with Gasteiger partial charge in [-0.05, 0) is 31.2 Å². The minimum atomic E-state index is 0.429. The largest absolute Gasteiger partial charge is 0.495 e. The molecule has 5 heteroatoms. The van der Waals surface area contributed by atoms with Crippen LogP contribution in [0.25, 0.3) is 11.3 Å². The van der Waals surface area contributed by atoms with Gasteiger partial charge in [0.2, 0.25) is 0 Å². The van der Waals surface area contributed by atoms with Crippen LogP contribution < -0.4 is 9.47 Å². The molecule has 0 saturated carbocycles. The number of hydrogen-bond acceptors (Lipinski definition) is 4. The second kappa shape index (κ2) is 7.22. The maximum atomic E-state index is 6.23. The monoisotopic (exact) mass is 296 g/mol. The van der Waals surface area contributed by atoms with Gasteiger partial charge in [0.15, 0.2) is 0 Å². The van der Waals surface area contributed by atoms with Crippen LogP contribution in [0.4, 0.5) is 0 Å². The van der Waals surface area contributed by atoms with E-state index < -0.39 is 0 Å². The standard InChI is InChI=1S/C15H17ClO4/c1-3-18-7-8-20-14-10-11(12-5-4-6-19-12)9-13(17-2)15(14)16/h4-6,9-10H,3,7-8H2,1-2H3. The molecule has 0 radical (unpaired) electrons. The average Bonchev–Trinajstić information content (AvgIpc) is 2.99. The van der Waals surface area contributed by atoms with E-state index in [1.54, 1.807) is 13.4 Å². The number of methoxy groups -OCH3 is 1. The van der Waals surface area contributed by atoms with Gasteiger partial charge in [-0.3, -0.25) is 0 Å². The van der Waals surface area contributed by atoms with E-state index in [2.05, 4.69) is 0 Å². The third-order valence-corrected chi connectivity index (χ3v) is 3.09. The van der Waals surface area contributed by atoms with Crippen molar-refractivity contribution >= 4 is 11.6 Å². The van der Waals surface area contributed by atoms with Crippen LogP contribution in [0.1, 0.15) is 6.92 Å². The molecule has 0 amide bonds. The predicted molar refractivity (Wildman–Crippen MR) is 77.7 cm³/mol. The van der Waals surface area contributed by atoms with Gasteiger partial charge in [0, 0.05) is 12.2 Å². The first-order valence-corrected chi connectivity index (χ1v) is 6.76. The maximum Gasteiger partial charge on any atom is 0.142 e. The summed E-state index contributed by atoms with van der Waals surface area (Å²) in [6, 6.07) is 7.34. The van der Waals surface area contributed by atoms with Gasteiger partial charge in [-0.2, -0.15) is 0 Å². The Morgan fingerprint density at radius 2 is 2.00 bits per heavy atom. The van der Waals surface area contributed by atoms with Gasteiger partial charge in [0.25, 0.3) is 0 Å². The van der Waals surface area contributed by atoms with E-state index in [4.69, 9.17) is 30.2 Å². The van der Waals surface area contributed by atoms with Gasteiger partial charge >= 0.3 is 0 Å². The number of halogens is 1. The molecule has 0 N–H and O–H groups in total. The first kappa shape index (κ1) is 14.8. The molecule has 2 aromatic rings. The molecule has 2 rings (SSSR count). The summed E-state index contributed by atoms with van der Waals surface area (Å²) in [6.07, 6.45) is 1.62. The van der Waals surface area contributed by atoms with Crippen LogP contribution >= 0.6 is 11.6 Å². The van der Waals surface area contributed by atoms with Gasteiger partial charge in [0.1, 0.15) is 28.9 Å². The van der Waals surface area contributed by atoms with Crippen molar-refractivity contribution in [1.82, 2.24) is 0 Å². The Morgan fingerprint density at radius 1 is 1.20 bits per heavy atom. The first-order chi connectivity index (χ1) is 9.76. The highest BCUT2D eigenvalue weighted by Crippen LogP contribution is 2.38. The molecule has 1 heterocycles. The van der Waals surface area contributed by atoms with E-state index in [0.29, 0.717) is 36.3 Å². The molecular weight excluding hydrogens is 280 g/mol. The minimum Gasteiger partial charge on any atom is -0.495 e. The minimum absolute atomic E-state index is 0.429. The van der Waals surface area contributed by atoms with Crippen LogP contribution in [-0.2, 0) is 4.74 Å². The van der Waals surface area contributed by atoms with Crippen molar-refractivity contribution in [2.24, 2.45) is 0 Å². The highest BCUT2D eigenvalue weighted by atomic mass is 35.5. The lowest BCUT2D eigenvalue weighted by Crippen LogP contribution is -2.07. The average molecular weight is 297 g/mol. The highest BCUT2D eigenvalue weighted by molar-refractivity contribution is 6.33. The van der Waals surface area contributed by atoms with Gasteiger partial charge in [-0.1, -0.05) is 11.6 Å². The van der Waals surface area contributed by atoms with Crippen LogP contribution in [0.3, 0.4) is 0 Å². The SMILES string of the molecule is CCOCCOc1cc(-c2ccco2)cc(OC)c1Cl. The number of furan rings is 1. The molecule has 1 aromatic carbocycles. The molecule has 4 nitrogen and oxygen atoms in total. The summed E-state index contributed by atoms with van der Waals surface area (Å²) in [7, 11) is 1.57. The zero-order valence-corrected chi connectivity index (χ0v) is 12.3. The Morgan fingerprint density at radius 3 is 2.65 bits per heavy atom. The number of benzene rings is 1. The molecule has 0 aliphatic heterocycles. The van der Waals surface area contributed by atoms with Crippen molar-refractivity contribution in [2.75, 3.05) is 26.9 Å². The van der Waals surface area contributed by atoms with Crippen molar-refractivity contribution in [2.45, 2.75) is 6.92 Å². The van der Waals surface area contributed by atoms with Gasteiger partial charge in [-0.25, -0.2) is 0 Å². The first-order valence-electron chi connectivity index (χ1n) is 6.38. The molecular formula is C15H17ClO4. The highest BCUT2D eigenvalue weighted by Gasteiger charge is 2.13. The van der Waals surface area contributed by atoms with Crippen molar-refractivity contribution in [3.05, 3.63) is 35.6 Å². The van der Waals surface area contributed by atoms with Crippen LogP contribution in [0.5, 0.6) is 11.5 Å². The van der Waals surface area contributed by atoms with Gasteiger partial charge in [0.05, 0.1) is 20.0 Å². The molecule has 0 aliphatic rings. The van der Waals surface area contributed by atoms with Crippen LogP contribution in [0.2, 0.25) is 5.02 Å². The van der Waals surface area contributed by atoms with E-state index in [-0.39, 0.29) is 0 Å². The fourth-order valence-corrected chi connectivity index (χ4v) is 2.01. The Kier molecular flexibility index (Phi) is 5.32. The Labute approximate surface area is 123 Å². The van der Waals surface area contributed by atoms with Crippen LogP contribution in [-0.4, -0.2) is 26.9 Å². The molecule has 0 aliphatic carbocycles. The normalized spacial score (nSPS) is 10.6. The van der Waals surface area contributed by atoms with E-state index >= 15 is 0 Å². The third-order valence-electron chi connectivity index (χ3n) is 2.72. The van der Waals surface area contributed by atoms with E-state index in [1.807, 2.05) is 31.2 Å². The lowest BCUT2D eigenvalue weighted by molar-refractivity contribution is 0.110. The molecule has 0 atom stereocenters. The lowest BCUT2D eigenvalue weighted by Gasteiger charge is -2.12. The molecule has 0 fully saturated rings. The number of rotatable bonds is 7. The zero-order valence-electron chi connectivity index (χ0n) is 11.5. The zero-order chi connectivity index (χ0) is 14.4. The summed E-state index contributed by atoms with van der Waals surface area (Å²) < 4.78 is 21.5. The maximum absolute atomic E-state index is 6.23. The summed E-state index contributed by atoms with van der Waals surface area (Å²) >= 11 is 6.23. The number of hydrogen-bond donors (Lipinski definition) is 0. The van der Waals surface area contributed by atoms with Crippen molar-refractivity contribution in [3.8, 4) is 22.8 Å². The van der Waals surface area contributed by atoms with Crippen molar-refractivity contribution in [3.63, 3.8) is 0 Å². The van der Waals surface area contributed by atoms with E-state index in [0.717, 1.165) is 11.3 Å². The Bertz CT molecular complexity index is 537.